The summed E-state index contributed by atoms with van der Waals surface area (Å²) in [5.41, 5.74) is 3.63. The van der Waals surface area contributed by atoms with Gasteiger partial charge >= 0.3 is 0 Å². The highest BCUT2D eigenvalue weighted by Gasteiger charge is 2.31. The quantitative estimate of drug-likeness (QED) is 0.600. The number of aryl methyl sites for hydroxylation is 1. The summed E-state index contributed by atoms with van der Waals surface area (Å²) in [6.45, 7) is 4.43. The van der Waals surface area contributed by atoms with E-state index in [1.165, 1.54) is 0 Å². The van der Waals surface area contributed by atoms with Gasteiger partial charge in [-0.15, -0.1) is 11.8 Å². The van der Waals surface area contributed by atoms with Crippen LogP contribution >= 0.6 is 23.4 Å². The lowest BCUT2D eigenvalue weighted by molar-refractivity contribution is -0.113. The summed E-state index contributed by atoms with van der Waals surface area (Å²) in [6, 6.07) is 13.3. The lowest BCUT2D eigenvalue weighted by Crippen LogP contribution is -2.15. The Balaban J connectivity index is 1.85. The van der Waals surface area contributed by atoms with E-state index in [0.29, 0.717) is 34.7 Å². The van der Waals surface area contributed by atoms with Crippen molar-refractivity contribution in [3.63, 3.8) is 0 Å². The Morgan fingerprint density at radius 3 is 2.83 bits per heavy atom. The number of methoxy groups -OCH3 is 1. The molecule has 2 aromatic carbocycles. The van der Waals surface area contributed by atoms with Gasteiger partial charge in [0, 0.05) is 10.6 Å². The summed E-state index contributed by atoms with van der Waals surface area (Å²) >= 11 is 7.75. The van der Waals surface area contributed by atoms with Crippen molar-refractivity contribution in [1.82, 2.24) is 9.78 Å². The topological polar surface area (TPSA) is 65.4 Å². The first kappa shape index (κ1) is 20.6. The average Bonchev–Trinajstić information content (AvgIpc) is 2.93. The maximum absolute atomic E-state index is 12.5. The lowest BCUT2D eigenvalue weighted by Gasteiger charge is -2.18. The van der Waals surface area contributed by atoms with Crippen molar-refractivity contribution in [2.24, 2.45) is 0 Å². The molecule has 0 saturated heterocycles. The zero-order chi connectivity index (χ0) is 21.3. The van der Waals surface area contributed by atoms with E-state index >= 15 is 0 Å². The molecule has 1 aliphatic rings. The van der Waals surface area contributed by atoms with Crippen molar-refractivity contribution in [3.05, 3.63) is 64.3 Å². The van der Waals surface area contributed by atoms with Gasteiger partial charge in [-0.2, -0.15) is 5.10 Å². The maximum atomic E-state index is 12.5. The number of hydrogen-bond acceptors (Lipinski definition) is 5. The van der Waals surface area contributed by atoms with Crippen LogP contribution in [0.2, 0.25) is 5.02 Å². The molecule has 1 amide bonds. The maximum Gasteiger partial charge on any atom is 0.235 e. The molecule has 0 aliphatic carbocycles. The average molecular weight is 444 g/mol. The van der Waals surface area contributed by atoms with Crippen LogP contribution in [0, 0.1) is 6.92 Å². The molecule has 1 atom stereocenters. The molecule has 8 heteroatoms. The SMILES string of the molecule is CCOc1cc([C@@H]2SCC(=O)Nc3c2c(C)nn3-c2cccc(Cl)c2)ccc1OC. The molecule has 0 unspecified atom stereocenters. The smallest absolute Gasteiger partial charge is 0.235 e. The highest BCUT2D eigenvalue weighted by atomic mass is 35.5. The van der Waals surface area contributed by atoms with Gasteiger partial charge in [0.2, 0.25) is 5.91 Å². The van der Waals surface area contributed by atoms with E-state index in [4.69, 9.17) is 26.2 Å². The number of aromatic nitrogens is 2. The molecule has 6 nitrogen and oxygen atoms in total. The first-order valence-corrected chi connectivity index (χ1v) is 11.0. The number of halogens is 1. The summed E-state index contributed by atoms with van der Waals surface area (Å²) in [5, 5.41) is 8.28. The number of anilines is 1. The molecule has 30 heavy (non-hydrogen) atoms. The molecule has 2 heterocycles. The third-order valence-electron chi connectivity index (χ3n) is 4.85. The third-order valence-corrected chi connectivity index (χ3v) is 6.36. The number of rotatable bonds is 5. The van der Waals surface area contributed by atoms with Crippen LogP contribution in [0.25, 0.3) is 5.69 Å². The Hall–Kier alpha value is -2.64. The molecule has 0 spiro atoms. The van der Waals surface area contributed by atoms with Gasteiger partial charge < -0.3 is 14.8 Å². The minimum absolute atomic E-state index is 0.0644. The number of nitrogens with zero attached hydrogens (tertiary/aromatic N) is 2. The Bertz CT molecular complexity index is 1100. The van der Waals surface area contributed by atoms with Gasteiger partial charge in [-0.05, 0) is 49.7 Å². The van der Waals surface area contributed by atoms with Crippen LogP contribution in [-0.4, -0.2) is 35.2 Å². The molecule has 0 saturated carbocycles. The second-order valence-corrected chi connectivity index (χ2v) is 8.35. The van der Waals surface area contributed by atoms with E-state index in [0.717, 1.165) is 22.5 Å². The number of carbonyl (C=O) groups excluding carboxylic acids is 1. The van der Waals surface area contributed by atoms with Crippen molar-refractivity contribution in [2.45, 2.75) is 19.1 Å². The second kappa shape index (κ2) is 8.62. The van der Waals surface area contributed by atoms with Crippen molar-refractivity contribution < 1.29 is 14.3 Å². The van der Waals surface area contributed by atoms with E-state index in [9.17, 15) is 4.79 Å². The fourth-order valence-electron chi connectivity index (χ4n) is 3.57. The Labute approximate surface area is 184 Å². The fourth-order valence-corrected chi connectivity index (χ4v) is 4.93. The van der Waals surface area contributed by atoms with Gasteiger partial charge in [-0.3, -0.25) is 4.79 Å². The van der Waals surface area contributed by atoms with E-state index in [1.54, 1.807) is 23.6 Å². The molecule has 0 fully saturated rings. The number of carbonyl (C=O) groups is 1. The van der Waals surface area contributed by atoms with Crippen LogP contribution in [-0.2, 0) is 4.79 Å². The zero-order valence-corrected chi connectivity index (χ0v) is 18.5. The van der Waals surface area contributed by atoms with Crippen molar-refractivity contribution >= 4 is 35.1 Å². The molecular weight excluding hydrogens is 422 g/mol. The molecule has 1 aromatic heterocycles. The lowest BCUT2D eigenvalue weighted by atomic mass is 10.0. The van der Waals surface area contributed by atoms with Crippen LogP contribution in [0.15, 0.2) is 42.5 Å². The van der Waals surface area contributed by atoms with Crippen LogP contribution < -0.4 is 14.8 Å². The minimum atomic E-state index is -0.0861. The van der Waals surface area contributed by atoms with Crippen LogP contribution in [0.1, 0.15) is 29.0 Å². The summed E-state index contributed by atoms with van der Waals surface area (Å²) in [4.78, 5) is 12.5. The first-order valence-electron chi connectivity index (χ1n) is 9.59. The number of nitrogens with one attached hydrogen (secondary N) is 1. The molecule has 3 aromatic rings. The second-order valence-electron chi connectivity index (χ2n) is 6.82. The normalized spacial score (nSPS) is 15.9. The predicted molar refractivity (Wildman–Crippen MR) is 120 cm³/mol. The first-order chi connectivity index (χ1) is 14.5. The molecule has 156 valence electrons. The molecule has 1 aliphatic heterocycles. The number of fused-ring (bicyclic) bond motifs is 1. The molecule has 0 bridgehead atoms. The highest BCUT2D eigenvalue weighted by Crippen LogP contribution is 2.45. The number of amides is 1. The predicted octanol–water partition coefficient (Wildman–Crippen LogP) is 5.02. The van der Waals surface area contributed by atoms with Crippen LogP contribution in [0.4, 0.5) is 5.82 Å². The van der Waals surface area contributed by atoms with Crippen LogP contribution in [0.5, 0.6) is 11.5 Å². The van der Waals surface area contributed by atoms with Gasteiger partial charge in [0.1, 0.15) is 5.82 Å². The largest absolute Gasteiger partial charge is 0.493 e. The van der Waals surface area contributed by atoms with Gasteiger partial charge in [-0.25, -0.2) is 4.68 Å². The number of thioether (sulfide) groups is 1. The van der Waals surface area contributed by atoms with Gasteiger partial charge in [0.25, 0.3) is 0 Å². The van der Waals surface area contributed by atoms with E-state index in [1.807, 2.05) is 56.3 Å². The van der Waals surface area contributed by atoms with Crippen molar-refractivity contribution in [1.29, 1.82) is 0 Å². The molecule has 1 N–H and O–H groups in total. The van der Waals surface area contributed by atoms with Crippen molar-refractivity contribution in [3.8, 4) is 17.2 Å². The summed E-state index contributed by atoms with van der Waals surface area (Å²) in [6.07, 6.45) is 0. The van der Waals surface area contributed by atoms with Crippen molar-refractivity contribution in [2.75, 3.05) is 24.8 Å². The molecule has 4 rings (SSSR count). The van der Waals surface area contributed by atoms with Gasteiger partial charge in [0.15, 0.2) is 11.5 Å². The molecule has 0 radical (unpaired) electrons. The highest BCUT2D eigenvalue weighted by molar-refractivity contribution is 8.00. The fraction of sp³-hybridized carbons (Fsp3) is 0.273. The summed E-state index contributed by atoms with van der Waals surface area (Å²) in [7, 11) is 1.62. The standard InChI is InChI=1S/C22H22ClN3O3S/c1-4-29-18-10-14(8-9-17(18)28-3)21-20-13(2)25-26(16-7-5-6-15(23)11-16)22(20)24-19(27)12-30-21/h5-11,21H,4,12H2,1-3H3,(H,24,27)/t21-/m0/s1. The molecular formula is C22H22ClN3O3S. The summed E-state index contributed by atoms with van der Waals surface area (Å²) < 4.78 is 12.9. The Morgan fingerprint density at radius 2 is 2.10 bits per heavy atom. The zero-order valence-electron chi connectivity index (χ0n) is 16.9. The Morgan fingerprint density at radius 1 is 1.27 bits per heavy atom. The number of hydrogen-bond donors (Lipinski definition) is 1. The number of benzene rings is 2. The minimum Gasteiger partial charge on any atom is -0.493 e. The Kier molecular flexibility index (Phi) is 5.92. The van der Waals surface area contributed by atoms with E-state index in [-0.39, 0.29) is 11.2 Å². The van der Waals surface area contributed by atoms with Gasteiger partial charge in [-0.1, -0.05) is 23.7 Å². The van der Waals surface area contributed by atoms with Gasteiger partial charge in [0.05, 0.1) is 36.1 Å². The van der Waals surface area contributed by atoms with Crippen LogP contribution in [0.3, 0.4) is 0 Å². The van der Waals surface area contributed by atoms with E-state index in [2.05, 4.69) is 5.32 Å². The third kappa shape index (κ3) is 3.87. The summed E-state index contributed by atoms with van der Waals surface area (Å²) in [5.74, 6) is 2.31. The number of ether oxygens (including phenoxy) is 2. The monoisotopic (exact) mass is 443 g/mol. The van der Waals surface area contributed by atoms with E-state index < -0.39 is 0 Å².